The summed E-state index contributed by atoms with van der Waals surface area (Å²) in [6.45, 7) is 2.74. The van der Waals surface area contributed by atoms with E-state index in [1.165, 1.54) is 0 Å². The Morgan fingerprint density at radius 1 is 0.435 bits per heavy atom. The number of halogens is 1. The molecule has 0 unspecified atom stereocenters. The number of methoxy groups -OCH3 is 4. The number of aromatic nitrogens is 2. The Bertz CT molecular complexity index is 3030. The number of nitrogens with zero attached hydrogens (tertiary/aromatic N) is 8. The van der Waals surface area contributed by atoms with E-state index >= 15 is 0 Å². The van der Waals surface area contributed by atoms with Crippen LogP contribution in [-0.2, 0) is 18.9 Å². The van der Waals surface area contributed by atoms with Crippen LogP contribution in [0.4, 0.5) is 11.6 Å². The van der Waals surface area contributed by atoms with Crippen LogP contribution >= 0.6 is 10.0 Å². The zero-order valence-electron chi connectivity index (χ0n) is 34.4. The third-order valence-electron chi connectivity index (χ3n) is 10.8. The number of rotatable bonds is 16. The van der Waals surface area contributed by atoms with Crippen LogP contribution in [-0.4, -0.2) is 125 Å². The molecule has 0 amide bonds. The van der Waals surface area contributed by atoms with Crippen molar-refractivity contribution in [3.63, 3.8) is 0 Å². The van der Waals surface area contributed by atoms with E-state index in [1.807, 2.05) is 79.9 Å². The largest absolute Gasteiger partial charge is 0.722 e. The van der Waals surface area contributed by atoms with Gasteiger partial charge >= 0.3 is 13.7 Å². The van der Waals surface area contributed by atoms with Crippen LogP contribution < -0.4 is 29.9 Å². The molecular formula is C44H40AlClN8O8. The maximum Gasteiger partial charge on any atom is 0.722 e. The number of fused-ring (bicyclic) bond motifs is 14. The topological polar surface area (TPSA) is 158 Å². The molecule has 0 fully saturated rings. The lowest BCUT2D eigenvalue weighted by Crippen LogP contribution is -2.43. The summed E-state index contributed by atoms with van der Waals surface area (Å²) in [7, 11) is 14.7. The van der Waals surface area contributed by atoms with Crippen molar-refractivity contribution in [1.29, 1.82) is 0 Å². The van der Waals surface area contributed by atoms with Crippen LogP contribution in [0.25, 0.3) is 21.5 Å². The zero-order chi connectivity index (χ0) is 42.3. The molecule has 0 spiro atoms. The second-order valence-corrected chi connectivity index (χ2v) is 17.2. The maximum atomic E-state index is 8.14. The van der Waals surface area contributed by atoms with Gasteiger partial charge in [0.15, 0.2) is 23.3 Å². The van der Waals surface area contributed by atoms with Crippen molar-refractivity contribution in [3.8, 4) is 23.0 Å². The minimum absolute atomic E-state index is 0.291. The first-order chi connectivity index (χ1) is 30.5. The predicted molar refractivity (Wildman–Crippen MR) is 236 cm³/mol. The van der Waals surface area contributed by atoms with Crippen LogP contribution in [0.15, 0.2) is 103 Å². The second-order valence-electron chi connectivity index (χ2n) is 14.4. The molecule has 0 radical (unpaired) electrons. The van der Waals surface area contributed by atoms with Crippen molar-refractivity contribution in [3.05, 3.63) is 106 Å². The van der Waals surface area contributed by atoms with Crippen LogP contribution in [0.5, 0.6) is 23.0 Å². The molecule has 0 N–H and O–H groups in total. The van der Waals surface area contributed by atoms with E-state index in [4.69, 9.17) is 77.9 Å². The van der Waals surface area contributed by atoms with Crippen LogP contribution in [0.2, 0.25) is 0 Å². The van der Waals surface area contributed by atoms with Gasteiger partial charge in [0.25, 0.3) is 0 Å². The summed E-state index contributed by atoms with van der Waals surface area (Å²) < 4.78 is 51.0. The fourth-order valence-electron chi connectivity index (χ4n) is 8.05. The standard InChI is InChI=1S/C44H40N8O8.Al.ClH/c1-53-17-21-57-29-13-5-9-25-33(29)41-45-37(25)50-42-35-27(11-7-15-31(35)59-23-19-55-3)39(47-42)52-44-36-28(12-8-16-32(36)60-24-20-56-4)40(48-44)51-43-34-26(38(46-43)49-41)10-6-14-30(34)58-22-18-54-2;;/h5-16H,17-24H2,1-4H3;;1H/q-2;+3;/p-1. The fourth-order valence-corrected chi connectivity index (χ4v) is 11.0. The Morgan fingerprint density at radius 2 is 0.887 bits per heavy atom. The quantitative estimate of drug-likeness (QED) is 0.0942. The van der Waals surface area contributed by atoms with Gasteiger partial charge in [0.05, 0.1) is 48.3 Å². The monoisotopic (exact) mass is 870 g/mol. The molecule has 18 heteroatoms. The Labute approximate surface area is 364 Å². The second kappa shape index (κ2) is 17.1. The van der Waals surface area contributed by atoms with Crippen molar-refractivity contribution < 1.29 is 37.9 Å². The fraction of sp³-hybridized carbons (Fsp3) is 0.273. The Kier molecular flexibility index (Phi) is 11.1. The lowest BCUT2D eigenvalue weighted by Gasteiger charge is -2.15. The van der Waals surface area contributed by atoms with Crippen LogP contribution in [0.3, 0.4) is 0 Å². The molecule has 62 heavy (non-hydrogen) atoms. The molecule has 2 aromatic heterocycles. The summed E-state index contributed by atoms with van der Waals surface area (Å²) in [4.78, 5) is 32.0. The van der Waals surface area contributed by atoms with E-state index in [0.717, 1.165) is 21.9 Å². The van der Waals surface area contributed by atoms with E-state index in [9.17, 15) is 0 Å². The molecule has 4 aromatic carbocycles. The van der Waals surface area contributed by atoms with Gasteiger partial charge < -0.3 is 45.0 Å². The Balaban J connectivity index is 1.38. The molecule has 6 aromatic rings. The van der Waals surface area contributed by atoms with Gasteiger partial charge in [0, 0.05) is 50.3 Å². The summed E-state index contributed by atoms with van der Waals surface area (Å²) in [5.74, 6) is 4.98. The van der Waals surface area contributed by atoms with Gasteiger partial charge in [-0.2, -0.15) is 10.0 Å². The van der Waals surface area contributed by atoms with Crippen molar-refractivity contribution in [2.75, 3.05) is 81.3 Å². The molecule has 0 atom stereocenters. The van der Waals surface area contributed by atoms with Crippen molar-refractivity contribution in [2.24, 2.45) is 30.0 Å². The van der Waals surface area contributed by atoms with Gasteiger partial charge in [-0.25, -0.2) is 30.0 Å². The average molecular weight is 871 g/mol. The van der Waals surface area contributed by atoms with E-state index in [0.29, 0.717) is 144 Å². The number of ether oxygens (including phenoxy) is 8. The SMILES string of the molecule is COCCOc1cccc2c1C1=NC2=Nc2c3c(OCCOC)cccc3c3[n]2[Al]([Cl])[n]2c(c4cccc(OCCOC)c4c2=NC2=NC(=N3)c3c(OCCOC)cccc32)=N1. The van der Waals surface area contributed by atoms with Gasteiger partial charge in [-0.1, -0.05) is 48.5 Å². The molecule has 4 aliphatic heterocycles. The highest BCUT2D eigenvalue weighted by atomic mass is 35.6. The number of amidine groups is 4. The van der Waals surface area contributed by atoms with E-state index in [2.05, 4.69) is 0 Å². The summed E-state index contributed by atoms with van der Waals surface area (Å²) in [6.07, 6.45) is 0. The number of benzene rings is 4. The van der Waals surface area contributed by atoms with E-state index < -0.39 is 13.7 Å². The van der Waals surface area contributed by atoms with Gasteiger partial charge in [-0.15, -0.1) is 0 Å². The molecule has 314 valence electrons. The molecule has 6 heterocycles. The lowest BCUT2D eigenvalue weighted by atomic mass is 10.1. The van der Waals surface area contributed by atoms with Gasteiger partial charge in [-0.3, -0.25) is 0 Å². The predicted octanol–water partition coefficient (Wildman–Crippen LogP) is 5.26. The molecule has 4 aliphatic rings. The third kappa shape index (κ3) is 6.77. The van der Waals surface area contributed by atoms with Crippen molar-refractivity contribution in [1.82, 2.24) is 7.10 Å². The summed E-state index contributed by atoms with van der Waals surface area (Å²) in [6, 6.07) is 23.2. The van der Waals surface area contributed by atoms with Crippen molar-refractivity contribution >= 4 is 80.2 Å². The van der Waals surface area contributed by atoms with Gasteiger partial charge in [0.2, 0.25) is 0 Å². The molecule has 0 saturated carbocycles. The van der Waals surface area contributed by atoms with Crippen LogP contribution in [0.1, 0.15) is 22.3 Å². The van der Waals surface area contributed by atoms with E-state index in [1.54, 1.807) is 28.4 Å². The van der Waals surface area contributed by atoms with E-state index in [-0.39, 0.29) is 0 Å². The molecule has 0 aliphatic carbocycles. The highest BCUT2D eigenvalue weighted by molar-refractivity contribution is 7.05. The minimum atomic E-state index is -3.15. The smallest absolute Gasteiger partial charge is 0.490 e. The number of aliphatic imine (C=N–C) groups is 4. The summed E-state index contributed by atoms with van der Waals surface area (Å²) in [5, 5.41) is 2.86. The highest BCUT2D eigenvalue weighted by Gasteiger charge is 2.40. The summed E-state index contributed by atoms with van der Waals surface area (Å²) >= 11 is -3.15. The Hall–Kier alpha value is -5.90. The normalized spacial score (nSPS) is 14.3. The van der Waals surface area contributed by atoms with Gasteiger partial charge in [-0.05, 0) is 24.3 Å². The first-order valence-corrected chi connectivity index (χ1v) is 22.8. The molecule has 6 bridgehead atoms. The van der Waals surface area contributed by atoms with Gasteiger partial charge in [0.1, 0.15) is 72.0 Å². The third-order valence-corrected chi connectivity index (χ3v) is 13.8. The Morgan fingerprint density at radius 3 is 1.48 bits per heavy atom. The molecule has 16 nitrogen and oxygen atoms in total. The summed E-state index contributed by atoms with van der Waals surface area (Å²) in [5.41, 5.74) is 3.86. The zero-order valence-corrected chi connectivity index (χ0v) is 36.3. The molecule has 10 rings (SSSR count). The first-order valence-electron chi connectivity index (χ1n) is 20.0. The minimum Gasteiger partial charge on any atom is -0.490 e. The first kappa shape index (κ1) is 40.2. The van der Waals surface area contributed by atoms with Crippen LogP contribution in [0, 0.1) is 0 Å². The maximum absolute atomic E-state index is 8.14. The average Bonchev–Trinajstić information content (AvgIpc) is 4.00. The lowest BCUT2D eigenvalue weighted by molar-refractivity contribution is 0.146. The van der Waals surface area contributed by atoms with Crippen molar-refractivity contribution in [2.45, 2.75) is 0 Å². The number of hydrogen-bond donors (Lipinski definition) is 0. The molecular weight excluding hydrogens is 831 g/mol. The number of hydrogen-bond acceptors (Lipinski definition) is 14. The highest BCUT2D eigenvalue weighted by Crippen LogP contribution is 2.46. The molecule has 0 saturated heterocycles.